The van der Waals surface area contributed by atoms with Gasteiger partial charge >= 0.3 is 11.7 Å². The number of hydrogen-bond donors (Lipinski definition) is 1. The van der Waals surface area contributed by atoms with Gasteiger partial charge in [0.15, 0.2) is 24.3 Å². The monoisotopic (exact) mass is 380 g/mol. The topological polar surface area (TPSA) is 108 Å². The lowest BCUT2D eigenvalue weighted by Crippen LogP contribution is -2.31. The number of benzene rings is 2. The van der Waals surface area contributed by atoms with E-state index in [1.54, 1.807) is 0 Å². The Bertz CT molecular complexity index is 874. The van der Waals surface area contributed by atoms with Gasteiger partial charge in [-0.25, -0.2) is 9.18 Å². The standard InChI is InChI=1S/C17H14F2N2O6/c1-10(27-16(22)9-26-15-5-3-2-4-13(15)19)17(23)20-11-6-7-12(18)14(8-11)21(24)25/h2-8,10H,9H2,1H3,(H,20,23)/t10-/m0/s1. The van der Waals surface area contributed by atoms with Crippen LogP contribution in [0.5, 0.6) is 5.75 Å². The van der Waals surface area contributed by atoms with Crippen molar-refractivity contribution in [1.82, 2.24) is 0 Å². The van der Waals surface area contributed by atoms with Gasteiger partial charge in [0.05, 0.1) is 4.92 Å². The van der Waals surface area contributed by atoms with Gasteiger partial charge in [0.1, 0.15) is 0 Å². The highest BCUT2D eigenvalue weighted by atomic mass is 19.1. The second-order valence-corrected chi connectivity index (χ2v) is 5.26. The number of nitrogens with one attached hydrogen (secondary N) is 1. The molecular weight excluding hydrogens is 366 g/mol. The minimum atomic E-state index is -1.27. The molecule has 0 fully saturated rings. The summed E-state index contributed by atoms with van der Waals surface area (Å²) in [4.78, 5) is 33.4. The summed E-state index contributed by atoms with van der Waals surface area (Å²) in [6.45, 7) is 0.634. The van der Waals surface area contributed by atoms with Gasteiger partial charge < -0.3 is 14.8 Å². The largest absolute Gasteiger partial charge is 0.479 e. The fraction of sp³-hybridized carbons (Fsp3) is 0.176. The molecule has 142 valence electrons. The van der Waals surface area contributed by atoms with Crippen molar-refractivity contribution >= 4 is 23.3 Å². The average Bonchev–Trinajstić information content (AvgIpc) is 2.62. The Morgan fingerprint density at radius 2 is 1.89 bits per heavy atom. The molecule has 0 bridgehead atoms. The van der Waals surface area contributed by atoms with Gasteiger partial charge in [0, 0.05) is 11.8 Å². The highest BCUT2D eigenvalue weighted by Crippen LogP contribution is 2.22. The van der Waals surface area contributed by atoms with Gasteiger partial charge in [-0.05, 0) is 31.2 Å². The molecule has 0 aliphatic rings. The number of ether oxygens (including phenoxy) is 2. The summed E-state index contributed by atoms with van der Waals surface area (Å²) in [5.41, 5.74) is -0.852. The zero-order valence-electron chi connectivity index (χ0n) is 14.0. The lowest BCUT2D eigenvalue weighted by atomic mass is 10.2. The Hall–Kier alpha value is -3.56. The first-order valence-electron chi connectivity index (χ1n) is 7.59. The third-order valence-electron chi connectivity index (χ3n) is 3.27. The maximum Gasteiger partial charge on any atom is 0.344 e. The van der Waals surface area contributed by atoms with E-state index in [-0.39, 0.29) is 11.4 Å². The van der Waals surface area contributed by atoms with Crippen LogP contribution < -0.4 is 10.1 Å². The Morgan fingerprint density at radius 1 is 1.19 bits per heavy atom. The van der Waals surface area contributed by atoms with Crippen molar-refractivity contribution in [1.29, 1.82) is 0 Å². The quantitative estimate of drug-likeness (QED) is 0.450. The third-order valence-corrected chi connectivity index (χ3v) is 3.27. The first kappa shape index (κ1) is 19.8. The van der Waals surface area contributed by atoms with E-state index in [4.69, 9.17) is 9.47 Å². The predicted molar refractivity (Wildman–Crippen MR) is 89.1 cm³/mol. The van der Waals surface area contributed by atoms with Crippen LogP contribution in [0, 0.1) is 21.7 Å². The fourth-order valence-electron chi connectivity index (χ4n) is 1.96. The molecule has 0 aliphatic heterocycles. The lowest BCUT2D eigenvalue weighted by molar-refractivity contribution is -0.387. The summed E-state index contributed by atoms with van der Waals surface area (Å²) < 4.78 is 36.4. The molecule has 0 aliphatic carbocycles. The molecule has 10 heteroatoms. The van der Waals surface area contributed by atoms with Crippen molar-refractivity contribution < 1.29 is 32.8 Å². The first-order valence-corrected chi connectivity index (χ1v) is 7.59. The molecular formula is C17H14F2N2O6. The molecule has 0 saturated carbocycles. The molecule has 1 amide bonds. The van der Waals surface area contributed by atoms with Crippen LogP contribution in [0.25, 0.3) is 0 Å². The van der Waals surface area contributed by atoms with Crippen LogP contribution in [0.1, 0.15) is 6.92 Å². The van der Waals surface area contributed by atoms with E-state index >= 15 is 0 Å². The Labute approximate surface area is 151 Å². The van der Waals surface area contributed by atoms with Gasteiger partial charge in [-0.3, -0.25) is 14.9 Å². The number of anilines is 1. The number of esters is 1. The van der Waals surface area contributed by atoms with Gasteiger partial charge in [0.2, 0.25) is 5.82 Å². The maximum atomic E-state index is 13.4. The molecule has 0 unspecified atom stereocenters. The van der Waals surface area contributed by atoms with E-state index in [1.165, 1.54) is 25.1 Å². The summed E-state index contributed by atoms with van der Waals surface area (Å²) in [6, 6.07) is 8.22. The van der Waals surface area contributed by atoms with Crippen LogP contribution in [0.4, 0.5) is 20.2 Å². The van der Waals surface area contributed by atoms with Crippen molar-refractivity contribution in [3.05, 3.63) is 64.2 Å². The highest BCUT2D eigenvalue weighted by Gasteiger charge is 2.21. The maximum absolute atomic E-state index is 13.4. The molecule has 0 saturated heterocycles. The second kappa shape index (κ2) is 8.70. The number of hydrogen-bond acceptors (Lipinski definition) is 6. The van der Waals surface area contributed by atoms with Crippen LogP contribution in [0.15, 0.2) is 42.5 Å². The highest BCUT2D eigenvalue weighted by molar-refractivity contribution is 5.95. The average molecular weight is 380 g/mol. The van der Waals surface area contributed by atoms with Crippen molar-refractivity contribution in [3.8, 4) is 5.75 Å². The number of nitro benzene ring substituents is 1. The van der Waals surface area contributed by atoms with Crippen LogP contribution in [-0.4, -0.2) is 29.5 Å². The number of nitro groups is 1. The molecule has 0 heterocycles. The van der Waals surface area contributed by atoms with E-state index < -0.39 is 46.8 Å². The smallest absolute Gasteiger partial charge is 0.344 e. The minimum absolute atomic E-state index is 0.0430. The Morgan fingerprint density at radius 3 is 2.56 bits per heavy atom. The summed E-state index contributed by atoms with van der Waals surface area (Å²) >= 11 is 0. The fourth-order valence-corrected chi connectivity index (χ4v) is 1.96. The molecule has 0 spiro atoms. The third kappa shape index (κ3) is 5.46. The van der Waals surface area contributed by atoms with Crippen molar-refractivity contribution in [2.75, 3.05) is 11.9 Å². The number of carbonyl (C=O) groups excluding carboxylic acids is 2. The number of halogens is 2. The van der Waals surface area contributed by atoms with E-state index in [1.807, 2.05) is 0 Å². The molecule has 1 N–H and O–H groups in total. The Kier molecular flexibility index (Phi) is 6.36. The van der Waals surface area contributed by atoms with Crippen LogP contribution in [0.3, 0.4) is 0 Å². The summed E-state index contributed by atoms with van der Waals surface area (Å²) in [6.07, 6.45) is -1.27. The molecule has 0 aromatic heterocycles. The van der Waals surface area contributed by atoms with E-state index in [0.717, 1.165) is 24.3 Å². The zero-order valence-corrected chi connectivity index (χ0v) is 14.0. The summed E-state index contributed by atoms with van der Waals surface area (Å²) in [5.74, 6) is -3.58. The normalized spacial score (nSPS) is 11.4. The molecule has 2 aromatic rings. The minimum Gasteiger partial charge on any atom is -0.479 e. The van der Waals surface area contributed by atoms with Gasteiger partial charge in [-0.15, -0.1) is 0 Å². The van der Waals surface area contributed by atoms with Gasteiger partial charge in [0.25, 0.3) is 5.91 Å². The lowest BCUT2D eigenvalue weighted by Gasteiger charge is -2.14. The van der Waals surface area contributed by atoms with Gasteiger partial charge in [-0.1, -0.05) is 12.1 Å². The van der Waals surface area contributed by atoms with Gasteiger partial charge in [-0.2, -0.15) is 4.39 Å². The van der Waals surface area contributed by atoms with Crippen molar-refractivity contribution in [2.24, 2.45) is 0 Å². The van der Waals surface area contributed by atoms with E-state index in [0.29, 0.717) is 0 Å². The molecule has 27 heavy (non-hydrogen) atoms. The van der Waals surface area contributed by atoms with Crippen LogP contribution in [0.2, 0.25) is 0 Å². The molecule has 8 nitrogen and oxygen atoms in total. The summed E-state index contributed by atoms with van der Waals surface area (Å²) in [5, 5.41) is 13.0. The van der Waals surface area contributed by atoms with Crippen molar-refractivity contribution in [3.63, 3.8) is 0 Å². The van der Waals surface area contributed by atoms with Crippen molar-refractivity contribution in [2.45, 2.75) is 13.0 Å². The molecule has 2 aromatic carbocycles. The molecule has 0 radical (unpaired) electrons. The first-order chi connectivity index (χ1) is 12.8. The number of para-hydroxylation sites is 1. The number of amides is 1. The molecule has 2 rings (SSSR count). The Balaban J connectivity index is 1.90. The number of rotatable bonds is 7. The molecule has 1 atom stereocenters. The SMILES string of the molecule is C[C@H](OC(=O)COc1ccccc1F)C(=O)Nc1ccc(F)c([N+](=O)[O-])c1. The van der Waals surface area contributed by atoms with Crippen LogP contribution >= 0.6 is 0 Å². The number of carbonyl (C=O) groups is 2. The van der Waals surface area contributed by atoms with E-state index in [9.17, 15) is 28.5 Å². The number of nitrogens with zero attached hydrogens (tertiary/aromatic N) is 1. The zero-order chi connectivity index (χ0) is 20.0. The predicted octanol–water partition coefficient (Wildman–Crippen LogP) is 2.82. The second-order valence-electron chi connectivity index (χ2n) is 5.26. The summed E-state index contributed by atoms with van der Waals surface area (Å²) in [7, 11) is 0. The van der Waals surface area contributed by atoms with E-state index in [2.05, 4.69) is 5.32 Å². The van der Waals surface area contributed by atoms with Crippen LogP contribution in [-0.2, 0) is 14.3 Å².